The Morgan fingerprint density at radius 1 is 1.28 bits per heavy atom. The minimum absolute atomic E-state index is 0.0278. The number of rotatable bonds is 4. The highest BCUT2D eigenvalue weighted by Gasteiger charge is 2.31. The van der Waals surface area contributed by atoms with Crippen molar-refractivity contribution in [1.82, 2.24) is 0 Å². The summed E-state index contributed by atoms with van der Waals surface area (Å²) in [6.07, 6.45) is -5.57. The molecule has 1 atom stereocenters. The van der Waals surface area contributed by atoms with Crippen LogP contribution in [-0.4, -0.2) is 12.0 Å². The van der Waals surface area contributed by atoms with E-state index in [0.717, 1.165) is 18.2 Å². The van der Waals surface area contributed by atoms with Crippen LogP contribution in [0.15, 0.2) is 42.5 Å². The van der Waals surface area contributed by atoms with E-state index in [-0.39, 0.29) is 16.5 Å². The number of anilines is 1. The Labute approximate surface area is 146 Å². The van der Waals surface area contributed by atoms with E-state index in [1.54, 1.807) is 18.2 Å². The molecule has 2 aromatic rings. The van der Waals surface area contributed by atoms with Crippen molar-refractivity contribution in [2.75, 3.05) is 5.32 Å². The number of carbonyl (C=O) groups excluding carboxylic acids is 1. The van der Waals surface area contributed by atoms with Gasteiger partial charge in [-0.25, -0.2) is 0 Å². The molecule has 0 aliphatic carbocycles. The van der Waals surface area contributed by atoms with Gasteiger partial charge in [-0.15, -0.1) is 0 Å². The van der Waals surface area contributed by atoms with Crippen molar-refractivity contribution in [2.45, 2.75) is 19.2 Å². The van der Waals surface area contributed by atoms with Gasteiger partial charge in [0, 0.05) is 0 Å². The normalized spacial score (nSPS) is 12.2. The van der Waals surface area contributed by atoms with E-state index >= 15 is 0 Å². The first-order chi connectivity index (χ1) is 11.7. The molecule has 4 nitrogen and oxygen atoms in total. The number of amides is 1. The van der Waals surface area contributed by atoms with Crippen LogP contribution in [0.5, 0.6) is 5.75 Å². The molecule has 25 heavy (non-hydrogen) atoms. The highest BCUT2D eigenvalue weighted by molar-refractivity contribution is 6.33. The lowest BCUT2D eigenvalue weighted by Gasteiger charge is -2.16. The monoisotopic (exact) mass is 368 g/mol. The molecule has 0 bridgehead atoms. The quantitative estimate of drug-likeness (QED) is 0.855. The Balaban J connectivity index is 2.12. The second-order valence-corrected chi connectivity index (χ2v) is 5.49. The molecule has 0 aromatic heterocycles. The molecule has 0 unspecified atom stereocenters. The van der Waals surface area contributed by atoms with Crippen molar-refractivity contribution in [3.63, 3.8) is 0 Å². The van der Waals surface area contributed by atoms with E-state index in [1.807, 2.05) is 6.07 Å². The minimum Gasteiger partial charge on any atom is -0.481 e. The van der Waals surface area contributed by atoms with Crippen molar-refractivity contribution in [2.24, 2.45) is 0 Å². The van der Waals surface area contributed by atoms with Crippen LogP contribution in [0, 0.1) is 11.3 Å². The molecule has 0 fully saturated rings. The third-order valence-corrected chi connectivity index (χ3v) is 3.53. The summed E-state index contributed by atoms with van der Waals surface area (Å²) in [4.78, 5) is 12.1. The number of benzene rings is 2. The number of halogens is 4. The van der Waals surface area contributed by atoms with Crippen LogP contribution in [0.4, 0.5) is 18.9 Å². The molecule has 8 heteroatoms. The zero-order chi connectivity index (χ0) is 18.6. The van der Waals surface area contributed by atoms with Gasteiger partial charge in [-0.1, -0.05) is 17.7 Å². The van der Waals surface area contributed by atoms with Crippen molar-refractivity contribution < 1.29 is 22.7 Å². The summed E-state index contributed by atoms with van der Waals surface area (Å²) < 4.78 is 43.6. The molecule has 2 rings (SSSR count). The van der Waals surface area contributed by atoms with Crippen LogP contribution in [0.1, 0.15) is 18.1 Å². The Morgan fingerprint density at radius 2 is 2.00 bits per heavy atom. The zero-order valence-corrected chi connectivity index (χ0v) is 13.7. The number of hydrogen-bond acceptors (Lipinski definition) is 3. The van der Waals surface area contributed by atoms with Gasteiger partial charge in [-0.3, -0.25) is 4.79 Å². The van der Waals surface area contributed by atoms with Crippen LogP contribution < -0.4 is 10.1 Å². The topological polar surface area (TPSA) is 62.1 Å². The second kappa shape index (κ2) is 7.45. The van der Waals surface area contributed by atoms with E-state index in [0.29, 0.717) is 5.56 Å². The van der Waals surface area contributed by atoms with E-state index in [2.05, 4.69) is 5.32 Å². The first kappa shape index (κ1) is 18.6. The smallest absolute Gasteiger partial charge is 0.416 e. The summed E-state index contributed by atoms with van der Waals surface area (Å²) in [5, 5.41) is 11.1. The van der Waals surface area contributed by atoms with Gasteiger partial charge in [0.05, 0.1) is 27.9 Å². The molecule has 0 saturated heterocycles. The molecule has 1 N–H and O–H groups in total. The summed E-state index contributed by atoms with van der Waals surface area (Å²) in [6, 6.07) is 10.7. The lowest BCUT2D eigenvalue weighted by atomic mass is 10.2. The predicted octanol–water partition coefficient (Wildman–Crippen LogP) is 4.64. The fraction of sp³-hybridized carbons (Fsp3) is 0.176. The van der Waals surface area contributed by atoms with Crippen molar-refractivity contribution in [1.29, 1.82) is 5.26 Å². The van der Waals surface area contributed by atoms with Gasteiger partial charge < -0.3 is 10.1 Å². The maximum atomic E-state index is 12.7. The van der Waals surface area contributed by atoms with E-state index in [9.17, 15) is 18.0 Å². The standard InChI is InChI=1S/C17H12ClF3N2O2/c1-10(25-13-4-2-3-11(7-13)9-22)16(24)23-15-8-12(17(19,20)21)5-6-14(15)18/h2-8,10H,1H3,(H,23,24)/t10-/m0/s1. The molecule has 0 radical (unpaired) electrons. The number of ether oxygens (including phenoxy) is 1. The zero-order valence-electron chi connectivity index (χ0n) is 12.9. The van der Waals surface area contributed by atoms with Gasteiger partial charge in [-0.05, 0) is 43.3 Å². The van der Waals surface area contributed by atoms with Crippen molar-refractivity contribution in [3.8, 4) is 11.8 Å². The summed E-state index contributed by atoms with van der Waals surface area (Å²) in [5.74, 6) is -0.388. The number of nitrogens with zero attached hydrogens (tertiary/aromatic N) is 1. The second-order valence-electron chi connectivity index (χ2n) is 5.08. The third kappa shape index (κ3) is 4.88. The number of nitrogens with one attached hydrogen (secondary N) is 1. The van der Waals surface area contributed by atoms with E-state index in [1.165, 1.54) is 13.0 Å². The SMILES string of the molecule is C[C@H](Oc1cccc(C#N)c1)C(=O)Nc1cc(C(F)(F)F)ccc1Cl. The average molecular weight is 369 g/mol. The first-order valence-electron chi connectivity index (χ1n) is 7.05. The van der Waals surface area contributed by atoms with Crippen molar-refractivity contribution >= 4 is 23.2 Å². The van der Waals surface area contributed by atoms with Crippen LogP contribution in [0.3, 0.4) is 0 Å². The van der Waals surface area contributed by atoms with Crippen LogP contribution in [-0.2, 0) is 11.0 Å². The van der Waals surface area contributed by atoms with Gasteiger partial charge in [0.1, 0.15) is 5.75 Å². The van der Waals surface area contributed by atoms with Gasteiger partial charge in [0.2, 0.25) is 0 Å². The molecular weight excluding hydrogens is 357 g/mol. The number of hydrogen-bond donors (Lipinski definition) is 1. The first-order valence-corrected chi connectivity index (χ1v) is 7.43. The molecule has 0 spiro atoms. The van der Waals surface area contributed by atoms with E-state index in [4.69, 9.17) is 21.6 Å². The van der Waals surface area contributed by atoms with Gasteiger partial charge in [0.25, 0.3) is 5.91 Å². The Kier molecular flexibility index (Phi) is 5.55. The molecule has 2 aromatic carbocycles. The number of carbonyl (C=O) groups is 1. The van der Waals surface area contributed by atoms with Crippen LogP contribution in [0.2, 0.25) is 5.02 Å². The Bertz CT molecular complexity index is 831. The summed E-state index contributed by atoms with van der Waals surface area (Å²) >= 11 is 5.84. The largest absolute Gasteiger partial charge is 0.481 e. The van der Waals surface area contributed by atoms with E-state index < -0.39 is 23.8 Å². The molecular formula is C17H12ClF3N2O2. The molecule has 1 amide bonds. The maximum absolute atomic E-state index is 12.7. The molecule has 130 valence electrons. The fourth-order valence-corrected chi connectivity index (χ4v) is 2.09. The fourth-order valence-electron chi connectivity index (χ4n) is 1.93. The van der Waals surface area contributed by atoms with Gasteiger partial charge >= 0.3 is 6.18 Å². The molecule has 0 aliphatic heterocycles. The summed E-state index contributed by atoms with van der Waals surface area (Å²) in [5.41, 5.74) is -0.740. The lowest BCUT2D eigenvalue weighted by Crippen LogP contribution is -2.30. The maximum Gasteiger partial charge on any atom is 0.416 e. The lowest BCUT2D eigenvalue weighted by molar-refractivity contribution is -0.137. The Morgan fingerprint density at radius 3 is 2.64 bits per heavy atom. The number of alkyl halides is 3. The highest BCUT2D eigenvalue weighted by Crippen LogP contribution is 2.33. The van der Waals surface area contributed by atoms with Gasteiger partial charge in [0.15, 0.2) is 6.10 Å². The summed E-state index contributed by atoms with van der Waals surface area (Å²) in [7, 11) is 0. The third-order valence-electron chi connectivity index (χ3n) is 3.20. The highest BCUT2D eigenvalue weighted by atomic mass is 35.5. The molecule has 0 saturated carbocycles. The number of nitriles is 1. The van der Waals surface area contributed by atoms with Crippen LogP contribution in [0.25, 0.3) is 0 Å². The minimum atomic E-state index is -4.55. The Hall–Kier alpha value is -2.72. The predicted molar refractivity (Wildman–Crippen MR) is 86.3 cm³/mol. The van der Waals surface area contributed by atoms with Crippen LogP contribution >= 0.6 is 11.6 Å². The average Bonchev–Trinajstić information content (AvgIpc) is 2.55. The van der Waals surface area contributed by atoms with Crippen molar-refractivity contribution in [3.05, 3.63) is 58.6 Å². The molecule has 0 aliphatic rings. The van der Waals surface area contributed by atoms with Gasteiger partial charge in [-0.2, -0.15) is 18.4 Å². The molecule has 0 heterocycles. The summed E-state index contributed by atoms with van der Waals surface area (Å²) in [6.45, 7) is 1.43.